The Hall–Kier alpha value is -8.16. The summed E-state index contributed by atoms with van der Waals surface area (Å²) in [6.45, 7) is 32.2. The van der Waals surface area contributed by atoms with Crippen molar-refractivity contribution in [1.82, 2.24) is 66.4 Å². The van der Waals surface area contributed by atoms with Crippen LogP contribution in [-0.2, 0) is 111 Å². The zero-order chi connectivity index (χ0) is 102. The summed E-state index contributed by atoms with van der Waals surface area (Å²) in [4.78, 5) is 170. The SMILES string of the molecule is CC[C@H](C)[C@@H](COC)N(C)C(=O)[C@@H](NC(=O)[C@H](C(C)C)N(C)CCOCCOCCOCCOCCC(=O)NCCCC[C@H](NC(=O)CCOCCOCCOCCOCCN(C)[C@H](C(=O)N[C@H](C(=O)N(C)[C@H](C(CC(=O)N1CCC[C@H]1[C@H](OC)C(C)C(=O)N[C@@H](Cc1ccccc1)c1nccs1)OC)[C@@H](C)CC)C(C)C)C(C)C)C(=O)NCCOCCON1C(=O)c2ccccc2C1=O)C(C)C. The number of hydroxylamine groups is 2. The molecule has 782 valence electrons. The summed E-state index contributed by atoms with van der Waals surface area (Å²) in [5.74, 6) is -4.60. The Morgan fingerprint density at radius 3 is 1.47 bits per heavy atom. The van der Waals surface area contributed by atoms with Crippen molar-refractivity contribution in [3.63, 3.8) is 0 Å². The molecule has 1 aromatic heterocycles. The molecule has 3 heterocycles. The lowest BCUT2D eigenvalue weighted by atomic mass is 9.89. The summed E-state index contributed by atoms with van der Waals surface area (Å²) in [5, 5.41) is 21.3. The first-order chi connectivity index (χ1) is 66.2. The van der Waals surface area contributed by atoms with Gasteiger partial charge in [-0.3, -0.25) is 67.4 Å². The summed E-state index contributed by atoms with van der Waals surface area (Å²) >= 11 is 1.48. The van der Waals surface area contributed by atoms with Crippen LogP contribution in [0.1, 0.15) is 192 Å². The van der Waals surface area contributed by atoms with E-state index < -0.39 is 78.0 Å². The highest BCUT2D eigenvalue weighted by Crippen LogP contribution is 2.32. The van der Waals surface area contributed by atoms with Gasteiger partial charge < -0.3 is 103 Å². The Bertz CT molecular complexity index is 3980. The van der Waals surface area contributed by atoms with Gasteiger partial charge in [0.05, 0.1) is 204 Å². The van der Waals surface area contributed by atoms with Gasteiger partial charge in [-0.05, 0) is 106 Å². The summed E-state index contributed by atoms with van der Waals surface area (Å²) in [7, 11) is 12.0. The molecule has 1 saturated heterocycles. The van der Waals surface area contributed by atoms with Crippen LogP contribution < -0.4 is 31.9 Å². The van der Waals surface area contributed by atoms with Crippen LogP contribution in [-0.4, -0.2) is 374 Å². The van der Waals surface area contributed by atoms with Gasteiger partial charge in [0.2, 0.25) is 53.2 Å². The first-order valence-corrected chi connectivity index (χ1v) is 50.3. The third-order valence-corrected chi connectivity index (χ3v) is 26.2. The summed E-state index contributed by atoms with van der Waals surface area (Å²) in [5.41, 5.74) is 1.56. The zero-order valence-electron chi connectivity index (χ0n) is 86.0. The van der Waals surface area contributed by atoms with Gasteiger partial charge >= 0.3 is 0 Å². The fourth-order valence-corrected chi connectivity index (χ4v) is 17.8. The van der Waals surface area contributed by atoms with E-state index in [1.54, 1.807) is 75.7 Å². The number of nitrogens with zero attached hydrogens (tertiary/aromatic N) is 7. The number of methoxy groups -OCH3 is 3. The second-order valence-electron chi connectivity index (χ2n) is 36.9. The van der Waals surface area contributed by atoms with Gasteiger partial charge in [0.1, 0.15) is 23.1 Å². The van der Waals surface area contributed by atoms with Gasteiger partial charge in [-0.1, -0.05) is 145 Å². The minimum absolute atomic E-state index is 0.0125. The first kappa shape index (κ1) is 120. The van der Waals surface area contributed by atoms with Crippen molar-refractivity contribution < 1.29 is 114 Å². The molecule has 38 heteroatoms. The minimum atomic E-state index is -0.917. The van der Waals surface area contributed by atoms with Crippen LogP contribution in [0.3, 0.4) is 0 Å². The molecule has 0 saturated carbocycles. The molecule has 11 amide bonds. The molecule has 1 fully saturated rings. The van der Waals surface area contributed by atoms with Crippen molar-refractivity contribution in [2.45, 2.75) is 227 Å². The molecule has 6 N–H and O–H groups in total. The van der Waals surface area contributed by atoms with E-state index in [9.17, 15) is 52.7 Å². The van der Waals surface area contributed by atoms with Crippen LogP contribution in [0.15, 0.2) is 66.2 Å². The number of hydrogen-bond acceptors (Lipinski definition) is 28. The lowest BCUT2D eigenvalue weighted by molar-refractivity contribution is -0.148. The number of carbonyl (C=O) groups excluding carboxylic acids is 11. The largest absolute Gasteiger partial charge is 0.383 e. The molecule has 2 aliphatic rings. The third kappa shape index (κ3) is 41.4. The van der Waals surface area contributed by atoms with E-state index in [1.165, 1.54) is 11.3 Å². The average molecular weight is 1970 g/mol. The van der Waals surface area contributed by atoms with E-state index in [0.717, 1.165) is 23.4 Å². The quantitative estimate of drug-likeness (QED) is 0.0240. The number of hydrogen-bond donors (Lipinski definition) is 6. The normalized spacial score (nSPS) is 16.3. The monoisotopic (exact) mass is 1970 g/mol. The van der Waals surface area contributed by atoms with Crippen molar-refractivity contribution in [2.75, 3.05) is 214 Å². The van der Waals surface area contributed by atoms with Crippen molar-refractivity contribution >= 4 is 76.3 Å². The second kappa shape index (κ2) is 67.3. The number of rotatable bonds is 76. The standard InChI is InChI=1S/C100H167N13O24S/c1-21-72(11)81(67-125-18)110(16)99(123)86(68(3)4)106-94(119)88(70(7)8)108(14)43-48-131-52-56-135-60-58-133-54-50-128-45-37-83(114)101-39-29-28-35-78(93(118)102-40-47-130-62-63-137-113-97(121)76-33-26-27-34-77(76)98(113)122)104-84(115)38-46-129-51-55-134-59-61-136-57-53-132-49-44-109(15)89(71(9)10)95(120)107-87(69(5)6)100(124)111(17)90(73(12)22-2)82(126-19)66-85(116)112-42-30-36-80(112)91(127-20)74(13)92(117)105-79(96-103-41-64-138-96)65-75-31-24-23-25-32-75/h23-27,31-34,41,64,68-74,78-82,86-91H,21-22,28-30,35-40,42-63,65-67H2,1-20H3,(H,101,114)(H,102,118)(H,104,115)(H,105,117)(H,106,119)(H,107,120)/t72-,73-,74?,78-,79-,80-,81+,82?,86-,87-,88-,89-,90-,91+/m0/s1. The fraction of sp³-hybridized carbons (Fsp3) is 0.740. The Labute approximate surface area is 823 Å². The number of carbonyl (C=O) groups is 11. The van der Waals surface area contributed by atoms with Gasteiger partial charge in [-0.15, -0.1) is 16.4 Å². The maximum absolute atomic E-state index is 14.9. The minimum Gasteiger partial charge on any atom is -0.383 e. The van der Waals surface area contributed by atoms with E-state index in [-0.39, 0.29) is 218 Å². The predicted molar refractivity (Wildman–Crippen MR) is 525 cm³/mol. The van der Waals surface area contributed by atoms with Crippen LogP contribution in [0.5, 0.6) is 0 Å². The predicted octanol–water partition coefficient (Wildman–Crippen LogP) is 7.22. The Balaban J connectivity index is 0.954. The van der Waals surface area contributed by atoms with E-state index in [4.69, 9.17) is 61.7 Å². The summed E-state index contributed by atoms with van der Waals surface area (Å²) in [6, 6.07) is 11.4. The number of fused-ring (bicyclic) bond motifs is 1. The Morgan fingerprint density at radius 1 is 0.507 bits per heavy atom. The third-order valence-electron chi connectivity index (χ3n) is 25.3. The highest BCUT2D eigenvalue weighted by molar-refractivity contribution is 7.09. The molecule has 2 aliphatic heterocycles. The molecule has 3 aromatic rings. The number of benzene rings is 2. The number of imide groups is 1. The van der Waals surface area contributed by atoms with Gasteiger partial charge in [0, 0.05) is 92.6 Å². The second-order valence-corrected chi connectivity index (χ2v) is 37.8. The fourth-order valence-electron chi connectivity index (χ4n) is 17.1. The summed E-state index contributed by atoms with van der Waals surface area (Å²) < 4.78 is 69.2. The van der Waals surface area contributed by atoms with E-state index >= 15 is 0 Å². The number of thiazole rings is 1. The lowest BCUT2D eigenvalue weighted by Crippen LogP contribution is -2.60. The zero-order valence-corrected chi connectivity index (χ0v) is 86.9. The van der Waals surface area contributed by atoms with Crippen LogP contribution in [0.2, 0.25) is 0 Å². The molecule has 37 nitrogen and oxygen atoms in total. The van der Waals surface area contributed by atoms with Gasteiger partial charge in [0.15, 0.2) is 0 Å². The number of likely N-dealkylation sites (N-methyl/N-ethyl adjacent to an activating group) is 4. The number of likely N-dealkylation sites (tertiary alicyclic amines) is 1. The molecular formula is C100H167N13O24S. The molecule has 14 atom stereocenters. The van der Waals surface area contributed by atoms with E-state index in [0.29, 0.717) is 116 Å². The van der Waals surface area contributed by atoms with Crippen LogP contribution >= 0.6 is 11.3 Å². The molecule has 0 bridgehead atoms. The van der Waals surface area contributed by atoms with Gasteiger partial charge in [0.25, 0.3) is 11.8 Å². The van der Waals surface area contributed by atoms with E-state index in [1.807, 2.05) is 141 Å². The maximum atomic E-state index is 14.9. The Kier molecular flexibility index (Phi) is 58.7. The van der Waals surface area contributed by atoms with E-state index in [2.05, 4.69) is 50.7 Å². The lowest BCUT2D eigenvalue weighted by Gasteiger charge is -2.41. The molecule has 5 rings (SSSR count). The van der Waals surface area contributed by atoms with Gasteiger partial charge in [-0.2, -0.15) is 0 Å². The molecule has 138 heavy (non-hydrogen) atoms. The number of aromatic nitrogens is 1. The molecule has 0 radical (unpaired) electrons. The molecule has 2 unspecified atom stereocenters. The van der Waals surface area contributed by atoms with Crippen molar-refractivity contribution in [3.05, 3.63) is 87.9 Å². The molecule has 0 spiro atoms. The van der Waals surface area contributed by atoms with Crippen molar-refractivity contribution in [1.29, 1.82) is 0 Å². The average Bonchev–Trinajstić information content (AvgIpc) is 1.63. The smallest absolute Gasteiger partial charge is 0.285 e. The topological polar surface area (TPSA) is 412 Å². The molecule has 0 aliphatic carbocycles. The van der Waals surface area contributed by atoms with Crippen LogP contribution in [0.4, 0.5) is 0 Å². The highest BCUT2D eigenvalue weighted by Gasteiger charge is 2.45. The van der Waals surface area contributed by atoms with Crippen LogP contribution in [0, 0.1) is 41.4 Å². The van der Waals surface area contributed by atoms with Crippen LogP contribution in [0.25, 0.3) is 0 Å². The molecular weight excluding hydrogens is 1800 g/mol. The molecule has 2 aromatic carbocycles. The Morgan fingerprint density at radius 2 is 0.993 bits per heavy atom. The van der Waals surface area contributed by atoms with Crippen molar-refractivity contribution in [3.8, 4) is 0 Å². The first-order valence-electron chi connectivity index (χ1n) is 49.5. The number of nitrogens with one attached hydrogen (secondary N) is 6. The number of amides is 11. The highest BCUT2D eigenvalue weighted by atomic mass is 32.1. The van der Waals surface area contributed by atoms with Gasteiger partial charge in [-0.25, -0.2) is 4.98 Å². The number of ether oxygens (including phenoxy) is 12. The summed E-state index contributed by atoms with van der Waals surface area (Å²) in [6.07, 6.45) is 5.23. The maximum Gasteiger partial charge on any atom is 0.285 e. The number of unbranched alkanes of at least 4 members (excludes halogenated alkanes) is 1. The van der Waals surface area contributed by atoms with Crippen molar-refractivity contribution in [2.24, 2.45) is 41.4 Å².